The van der Waals surface area contributed by atoms with E-state index in [0.717, 1.165) is 16.3 Å². The Morgan fingerprint density at radius 1 is 1.29 bits per heavy atom. The average molecular weight is 302 g/mol. The van der Waals surface area contributed by atoms with Crippen molar-refractivity contribution in [1.82, 2.24) is 9.97 Å². The number of H-pyrrole nitrogens is 1. The first-order valence-electron chi connectivity index (χ1n) is 6.73. The van der Waals surface area contributed by atoms with Crippen LogP contribution in [-0.4, -0.2) is 26.8 Å². The van der Waals surface area contributed by atoms with Crippen molar-refractivity contribution < 1.29 is 9.59 Å². The molecule has 0 aliphatic rings. The van der Waals surface area contributed by atoms with Crippen molar-refractivity contribution in [2.24, 2.45) is 0 Å². The average Bonchev–Trinajstić information content (AvgIpc) is 2.74. The smallest absolute Gasteiger partial charge is 0.192 e. The molecule has 1 N–H and O–H groups in total. The molecule has 0 unspecified atom stereocenters. The van der Waals surface area contributed by atoms with Gasteiger partial charge in [-0.05, 0) is 45.4 Å². The first kappa shape index (κ1) is 15.5. The van der Waals surface area contributed by atoms with Gasteiger partial charge in [-0.1, -0.05) is 17.8 Å². The summed E-state index contributed by atoms with van der Waals surface area (Å²) in [6.07, 6.45) is 1.71. The zero-order valence-corrected chi connectivity index (χ0v) is 13.4. The van der Waals surface area contributed by atoms with Crippen molar-refractivity contribution in [3.8, 4) is 0 Å². The molecular formula is C16H18N2O2S. The lowest BCUT2D eigenvalue weighted by molar-refractivity contribution is 0.0988. The Morgan fingerprint density at radius 3 is 2.52 bits per heavy atom. The monoisotopic (exact) mass is 302 g/mol. The van der Waals surface area contributed by atoms with Crippen LogP contribution >= 0.6 is 11.8 Å². The van der Waals surface area contributed by atoms with Crippen LogP contribution in [0.15, 0.2) is 29.4 Å². The topological polar surface area (TPSA) is 62.8 Å². The molecule has 110 valence electrons. The molecule has 0 spiro atoms. The number of pyridine rings is 1. The molecule has 4 nitrogen and oxygen atoms in total. The standard InChI is InChI=1S/C16H18N2O2S/c1-9-14(11(3)19)10(2)18-15(9)16(20)12(4)21-13-7-5-6-8-17-13/h5-8,12,18H,1-4H3/t12-/m1/s1. The van der Waals surface area contributed by atoms with Crippen molar-refractivity contribution in [3.63, 3.8) is 0 Å². The van der Waals surface area contributed by atoms with Gasteiger partial charge < -0.3 is 4.98 Å². The highest BCUT2D eigenvalue weighted by Crippen LogP contribution is 2.26. The van der Waals surface area contributed by atoms with Crippen LogP contribution < -0.4 is 0 Å². The van der Waals surface area contributed by atoms with Crippen LogP contribution in [0.3, 0.4) is 0 Å². The van der Waals surface area contributed by atoms with Crippen LogP contribution in [0, 0.1) is 13.8 Å². The third-order valence-electron chi connectivity index (χ3n) is 3.34. The second-order valence-corrected chi connectivity index (χ2v) is 6.33. The lowest BCUT2D eigenvalue weighted by Crippen LogP contribution is -2.15. The van der Waals surface area contributed by atoms with E-state index in [4.69, 9.17) is 0 Å². The first-order valence-corrected chi connectivity index (χ1v) is 7.61. The van der Waals surface area contributed by atoms with Gasteiger partial charge in [-0.25, -0.2) is 4.98 Å². The number of aryl methyl sites for hydroxylation is 1. The maximum atomic E-state index is 12.6. The molecule has 2 heterocycles. The number of hydrogen-bond donors (Lipinski definition) is 1. The molecule has 2 rings (SSSR count). The van der Waals surface area contributed by atoms with Crippen LogP contribution in [0.1, 0.15) is 46.0 Å². The number of thioether (sulfide) groups is 1. The van der Waals surface area contributed by atoms with E-state index < -0.39 is 0 Å². The van der Waals surface area contributed by atoms with E-state index >= 15 is 0 Å². The molecule has 21 heavy (non-hydrogen) atoms. The molecule has 0 saturated carbocycles. The molecule has 0 aliphatic carbocycles. The summed E-state index contributed by atoms with van der Waals surface area (Å²) in [5, 5.41) is 0.544. The highest BCUT2D eigenvalue weighted by Gasteiger charge is 2.24. The summed E-state index contributed by atoms with van der Waals surface area (Å²) < 4.78 is 0. The van der Waals surface area contributed by atoms with Crippen molar-refractivity contribution in [2.45, 2.75) is 38.0 Å². The fourth-order valence-electron chi connectivity index (χ4n) is 2.38. The number of nitrogens with one attached hydrogen (secondary N) is 1. The maximum absolute atomic E-state index is 12.6. The van der Waals surface area contributed by atoms with E-state index in [9.17, 15) is 9.59 Å². The molecule has 0 fully saturated rings. The number of carbonyl (C=O) groups excluding carboxylic acids is 2. The quantitative estimate of drug-likeness (QED) is 0.677. The van der Waals surface area contributed by atoms with Gasteiger partial charge in [-0.15, -0.1) is 0 Å². The number of aromatic nitrogens is 2. The van der Waals surface area contributed by atoms with Crippen molar-refractivity contribution in [1.29, 1.82) is 0 Å². The molecule has 0 bridgehead atoms. The zero-order valence-electron chi connectivity index (χ0n) is 12.6. The molecule has 0 aromatic carbocycles. The molecule has 0 aliphatic heterocycles. The Morgan fingerprint density at radius 2 is 2.00 bits per heavy atom. The van der Waals surface area contributed by atoms with Crippen LogP contribution in [0.2, 0.25) is 0 Å². The van der Waals surface area contributed by atoms with Crippen LogP contribution in [0.5, 0.6) is 0 Å². The summed E-state index contributed by atoms with van der Waals surface area (Å²) >= 11 is 1.41. The van der Waals surface area contributed by atoms with Gasteiger partial charge in [0.15, 0.2) is 11.6 Å². The number of nitrogens with zero attached hydrogens (tertiary/aromatic N) is 1. The van der Waals surface area contributed by atoms with E-state index in [0.29, 0.717) is 11.3 Å². The SMILES string of the molecule is CC(=O)c1c(C)[nH]c(C(=O)[C@@H](C)Sc2ccccn2)c1C. The zero-order chi connectivity index (χ0) is 15.6. The fraction of sp³-hybridized carbons (Fsp3) is 0.312. The predicted octanol–water partition coefficient (Wildman–Crippen LogP) is 3.59. The lowest BCUT2D eigenvalue weighted by atomic mass is 10.0. The minimum Gasteiger partial charge on any atom is -0.355 e. The highest BCUT2D eigenvalue weighted by atomic mass is 32.2. The van der Waals surface area contributed by atoms with E-state index in [1.54, 1.807) is 6.20 Å². The number of Topliss-reactive ketones (excluding diaryl/α,β-unsaturated/α-hetero) is 2. The molecule has 0 amide bonds. The van der Waals surface area contributed by atoms with Crippen molar-refractivity contribution in [3.05, 3.63) is 46.9 Å². The van der Waals surface area contributed by atoms with Gasteiger partial charge in [0.05, 0.1) is 16.0 Å². The predicted molar refractivity (Wildman–Crippen MR) is 84.2 cm³/mol. The second kappa shape index (κ2) is 6.26. The van der Waals surface area contributed by atoms with Gasteiger partial charge >= 0.3 is 0 Å². The van der Waals surface area contributed by atoms with Gasteiger partial charge in [-0.3, -0.25) is 9.59 Å². The van der Waals surface area contributed by atoms with Crippen LogP contribution in [0.4, 0.5) is 0 Å². The number of hydrogen-bond acceptors (Lipinski definition) is 4. The number of ketones is 2. The fourth-order valence-corrected chi connectivity index (χ4v) is 3.25. The van der Waals surface area contributed by atoms with Crippen LogP contribution in [0.25, 0.3) is 0 Å². The Bertz CT molecular complexity index is 677. The van der Waals surface area contributed by atoms with Crippen LogP contribution in [-0.2, 0) is 0 Å². The van der Waals surface area contributed by atoms with Gasteiger partial charge in [0.1, 0.15) is 0 Å². The minimum absolute atomic E-state index is 0.0150. The molecular weight excluding hydrogens is 284 g/mol. The van der Waals surface area contributed by atoms with Gasteiger partial charge in [-0.2, -0.15) is 0 Å². The number of rotatable bonds is 5. The summed E-state index contributed by atoms with van der Waals surface area (Å²) in [6.45, 7) is 7.00. The Kier molecular flexibility index (Phi) is 4.63. The van der Waals surface area contributed by atoms with E-state index in [-0.39, 0.29) is 16.8 Å². The van der Waals surface area contributed by atoms with Gasteiger partial charge in [0.2, 0.25) is 0 Å². The molecule has 0 saturated heterocycles. The first-order chi connectivity index (χ1) is 9.91. The summed E-state index contributed by atoms with van der Waals surface area (Å²) in [4.78, 5) is 31.5. The largest absolute Gasteiger partial charge is 0.355 e. The van der Waals surface area contributed by atoms with Crippen molar-refractivity contribution >= 4 is 23.3 Å². The Labute approximate surface area is 128 Å². The third kappa shape index (κ3) is 3.24. The minimum atomic E-state index is -0.267. The van der Waals surface area contributed by atoms with E-state index in [1.165, 1.54) is 18.7 Å². The summed E-state index contributed by atoms with van der Waals surface area (Å²) in [6, 6.07) is 5.61. The molecule has 2 aromatic heterocycles. The maximum Gasteiger partial charge on any atom is 0.192 e. The molecule has 2 aromatic rings. The van der Waals surface area contributed by atoms with Gasteiger partial charge in [0.25, 0.3) is 0 Å². The molecule has 5 heteroatoms. The van der Waals surface area contributed by atoms with E-state index in [2.05, 4.69) is 9.97 Å². The Hall–Kier alpha value is -1.88. The summed E-state index contributed by atoms with van der Waals surface area (Å²) in [7, 11) is 0. The second-order valence-electron chi connectivity index (χ2n) is 4.97. The summed E-state index contributed by atoms with van der Waals surface area (Å²) in [5.74, 6) is -0.0379. The third-order valence-corrected chi connectivity index (χ3v) is 4.39. The number of carbonyl (C=O) groups is 2. The number of aromatic amines is 1. The lowest BCUT2D eigenvalue weighted by Gasteiger charge is -2.09. The van der Waals surface area contributed by atoms with E-state index in [1.807, 2.05) is 39.0 Å². The molecule has 1 atom stereocenters. The molecule has 0 radical (unpaired) electrons. The summed E-state index contributed by atoms with van der Waals surface area (Å²) in [5.41, 5.74) is 2.62. The van der Waals surface area contributed by atoms with Crippen molar-refractivity contribution in [2.75, 3.05) is 0 Å². The Balaban J connectivity index is 2.24. The highest BCUT2D eigenvalue weighted by molar-refractivity contribution is 8.00. The normalized spacial score (nSPS) is 12.2. The van der Waals surface area contributed by atoms with Gasteiger partial charge in [0, 0.05) is 17.5 Å².